The highest BCUT2D eigenvalue weighted by Crippen LogP contribution is 2.19. The van der Waals surface area contributed by atoms with Gasteiger partial charge in [0, 0.05) is 32.2 Å². The average Bonchev–Trinajstić information content (AvgIpc) is 3.15. The van der Waals surface area contributed by atoms with Crippen LogP contribution in [0.5, 0.6) is 5.75 Å². The molecule has 1 saturated heterocycles. The number of amides is 2. The van der Waals surface area contributed by atoms with Crippen molar-refractivity contribution in [2.45, 2.75) is 18.0 Å². The number of piperidine rings is 1. The number of aryl methyl sites for hydroxylation is 1. The summed E-state index contributed by atoms with van der Waals surface area (Å²) < 4.78 is 6.91. The highest BCUT2D eigenvalue weighted by Gasteiger charge is 2.24. The zero-order valence-electron chi connectivity index (χ0n) is 16.1. The average molecular weight is 404 g/mol. The van der Waals surface area contributed by atoms with Crippen molar-refractivity contribution in [3.63, 3.8) is 0 Å². The van der Waals surface area contributed by atoms with Crippen LogP contribution in [0.1, 0.15) is 23.2 Å². The first-order chi connectivity index (χ1) is 13.6. The molecule has 150 valence electrons. The summed E-state index contributed by atoms with van der Waals surface area (Å²) in [6, 6.07) is 7.03. The molecule has 0 aliphatic carbocycles. The number of hydrogen-bond donors (Lipinski definition) is 1. The van der Waals surface area contributed by atoms with Gasteiger partial charge in [0.15, 0.2) is 5.16 Å². The third-order valence-electron chi connectivity index (χ3n) is 4.77. The number of rotatable bonds is 7. The first-order valence-corrected chi connectivity index (χ1v) is 10.2. The standard InChI is InChI=1S/C19H25N5O3S/c1-23-13-21-22-19(23)28-12-17(25)24-9-3-4-14(11-24)10-20-18(26)15-5-7-16(27-2)8-6-15/h5-8,13-14H,3-4,9-12H2,1-2H3,(H,20,26). The van der Waals surface area contributed by atoms with Crippen molar-refractivity contribution in [1.29, 1.82) is 0 Å². The molecule has 3 rings (SSSR count). The number of ether oxygens (including phenoxy) is 1. The van der Waals surface area contributed by atoms with E-state index in [4.69, 9.17) is 4.74 Å². The fourth-order valence-electron chi connectivity index (χ4n) is 3.16. The number of carbonyl (C=O) groups excluding carboxylic acids is 2. The van der Waals surface area contributed by atoms with Gasteiger partial charge < -0.3 is 19.5 Å². The van der Waals surface area contributed by atoms with Gasteiger partial charge in [-0.15, -0.1) is 10.2 Å². The van der Waals surface area contributed by atoms with Crippen molar-refractivity contribution in [3.05, 3.63) is 36.2 Å². The van der Waals surface area contributed by atoms with Gasteiger partial charge in [-0.05, 0) is 43.0 Å². The van der Waals surface area contributed by atoms with Crippen LogP contribution in [0.15, 0.2) is 35.7 Å². The van der Waals surface area contributed by atoms with Crippen molar-refractivity contribution in [2.75, 3.05) is 32.5 Å². The van der Waals surface area contributed by atoms with Crippen LogP contribution in [0.25, 0.3) is 0 Å². The van der Waals surface area contributed by atoms with Gasteiger partial charge >= 0.3 is 0 Å². The maximum absolute atomic E-state index is 12.5. The summed E-state index contributed by atoms with van der Waals surface area (Å²) in [5, 5.41) is 11.5. The molecule has 1 atom stereocenters. The van der Waals surface area contributed by atoms with Gasteiger partial charge in [0.25, 0.3) is 5.91 Å². The van der Waals surface area contributed by atoms with Gasteiger partial charge in [-0.25, -0.2) is 0 Å². The first kappa shape index (κ1) is 20.2. The lowest BCUT2D eigenvalue weighted by Gasteiger charge is -2.32. The fourth-order valence-corrected chi connectivity index (χ4v) is 3.95. The molecule has 1 unspecified atom stereocenters. The highest BCUT2D eigenvalue weighted by molar-refractivity contribution is 7.99. The Labute approximate surface area is 168 Å². The summed E-state index contributed by atoms with van der Waals surface area (Å²) in [6.45, 7) is 1.99. The molecule has 28 heavy (non-hydrogen) atoms. The Kier molecular flexibility index (Phi) is 6.91. The van der Waals surface area contributed by atoms with Crippen molar-refractivity contribution in [1.82, 2.24) is 25.0 Å². The number of nitrogens with zero attached hydrogens (tertiary/aromatic N) is 4. The van der Waals surface area contributed by atoms with Gasteiger partial charge in [-0.3, -0.25) is 9.59 Å². The van der Waals surface area contributed by atoms with E-state index in [-0.39, 0.29) is 17.7 Å². The van der Waals surface area contributed by atoms with E-state index in [0.717, 1.165) is 30.3 Å². The van der Waals surface area contributed by atoms with Crippen LogP contribution in [0, 0.1) is 5.92 Å². The number of aromatic nitrogens is 3. The predicted octanol–water partition coefficient (Wildman–Crippen LogP) is 1.58. The van der Waals surface area contributed by atoms with Crippen LogP contribution in [0.2, 0.25) is 0 Å². The molecule has 0 spiro atoms. The Bertz CT molecular complexity index is 808. The second-order valence-electron chi connectivity index (χ2n) is 6.80. The molecule has 1 aromatic heterocycles. The van der Waals surface area contributed by atoms with E-state index in [1.54, 1.807) is 42.3 Å². The topological polar surface area (TPSA) is 89.3 Å². The van der Waals surface area contributed by atoms with Crippen LogP contribution in [0.4, 0.5) is 0 Å². The van der Waals surface area contributed by atoms with Crippen molar-refractivity contribution in [2.24, 2.45) is 13.0 Å². The number of nitrogens with one attached hydrogen (secondary N) is 1. The van der Waals surface area contributed by atoms with Crippen LogP contribution in [0.3, 0.4) is 0 Å². The lowest BCUT2D eigenvalue weighted by Crippen LogP contribution is -2.44. The van der Waals surface area contributed by atoms with Crippen molar-refractivity contribution >= 4 is 23.6 Å². The predicted molar refractivity (Wildman–Crippen MR) is 106 cm³/mol. The van der Waals surface area contributed by atoms with E-state index in [0.29, 0.717) is 24.4 Å². The second-order valence-corrected chi connectivity index (χ2v) is 7.74. The van der Waals surface area contributed by atoms with E-state index in [1.165, 1.54) is 11.8 Å². The quantitative estimate of drug-likeness (QED) is 0.706. The zero-order valence-corrected chi connectivity index (χ0v) is 16.9. The molecule has 2 aromatic rings. The molecule has 1 fully saturated rings. The summed E-state index contributed by atoms with van der Waals surface area (Å²) in [4.78, 5) is 26.7. The Morgan fingerprint density at radius 1 is 1.32 bits per heavy atom. The molecule has 0 saturated carbocycles. The number of thioether (sulfide) groups is 1. The summed E-state index contributed by atoms with van der Waals surface area (Å²) in [5.74, 6) is 1.32. The molecular formula is C19H25N5O3S. The number of carbonyl (C=O) groups is 2. The Hall–Kier alpha value is -2.55. The van der Waals surface area contributed by atoms with E-state index in [1.807, 2.05) is 11.9 Å². The monoisotopic (exact) mass is 403 g/mol. The van der Waals surface area contributed by atoms with E-state index >= 15 is 0 Å². The molecular weight excluding hydrogens is 378 g/mol. The first-order valence-electron chi connectivity index (χ1n) is 9.23. The minimum atomic E-state index is -0.107. The fraction of sp³-hybridized carbons (Fsp3) is 0.474. The lowest BCUT2D eigenvalue weighted by molar-refractivity contribution is -0.130. The van der Waals surface area contributed by atoms with Gasteiger partial charge in [-0.1, -0.05) is 11.8 Å². The van der Waals surface area contributed by atoms with Crippen molar-refractivity contribution < 1.29 is 14.3 Å². The molecule has 2 heterocycles. The number of hydrogen-bond acceptors (Lipinski definition) is 6. The summed E-state index contributed by atoms with van der Waals surface area (Å²) in [6.07, 6.45) is 3.57. The van der Waals surface area contributed by atoms with Crippen LogP contribution in [-0.4, -0.2) is 64.0 Å². The molecule has 0 bridgehead atoms. The number of benzene rings is 1. The molecule has 1 aliphatic rings. The second kappa shape index (κ2) is 9.59. The largest absolute Gasteiger partial charge is 0.497 e. The van der Waals surface area contributed by atoms with E-state index < -0.39 is 0 Å². The molecule has 0 radical (unpaired) electrons. The molecule has 8 nitrogen and oxygen atoms in total. The Balaban J connectivity index is 1.45. The van der Waals surface area contributed by atoms with Crippen LogP contribution in [-0.2, 0) is 11.8 Å². The summed E-state index contributed by atoms with van der Waals surface area (Å²) in [5.41, 5.74) is 0.601. The molecule has 2 amide bonds. The van der Waals surface area contributed by atoms with E-state index in [2.05, 4.69) is 15.5 Å². The SMILES string of the molecule is COc1ccc(C(=O)NCC2CCCN(C(=O)CSc3nncn3C)C2)cc1. The summed E-state index contributed by atoms with van der Waals surface area (Å²) in [7, 11) is 3.45. The van der Waals surface area contributed by atoms with Gasteiger partial charge in [0.2, 0.25) is 5.91 Å². The van der Waals surface area contributed by atoms with Gasteiger partial charge in [0.05, 0.1) is 12.9 Å². The number of likely N-dealkylation sites (tertiary alicyclic amines) is 1. The normalized spacial score (nSPS) is 16.6. The summed E-state index contributed by atoms with van der Waals surface area (Å²) >= 11 is 1.39. The smallest absolute Gasteiger partial charge is 0.251 e. The third kappa shape index (κ3) is 5.25. The molecule has 9 heteroatoms. The van der Waals surface area contributed by atoms with E-state index in [9.17, 15) is 9.59 Å². The number of methoxy groups -OCH3 is 1. The molecule has 1 aromatic carbocycles. The zero-order chi connectivity index (χ0) is 19.9. The Morgan fingerprint density at radius 3 is 2.79 bits per heavy atom. The minimum absolute atomic E-state index is 0.0965. The van der Waals surface area contributed by atoms with Crippen molar-refractivity contribution in [3.8, 4) is 5.75 Å². The maximum Gasteiger partial charge on any atom is 0.251 e. The lowest BCUT2D eigenvalue weighted by atomic mass is 9.98. The Morgan fingerprint density at radius 2 is 2.11 bits per heavy atom. The maximum atomic E-state index is 12.5. The van der Waals surface area contributed by atoms with Gasteiger partial charge in [-0.2, -0.15) is 0 Å². The highest BCUT2D eigenvalue weighted by atomic mass is 32.2. The van der Waals surface area contributed by atoms with Crippen LogP contribution >= 0.6 is 11.8 Å². The third-order valence-corrected chi connectivity index (χ3v) is 5.79. The molecule has 1 N–H and O–H groups in total. The van der Waals surface area contributed by atoms with Crippen LogP contribution < -0.4 is 10.1 Å². The minimum Gasteiger partial charge on any atom is -0.497 e. The molecule has 1 aliphatic heterocycles. The van der Waals surface area contributed by atoms with Gasteiger partial charge in [0.1, 0.15) is 12.1 Å².